The molecule has 2 heteroatoms. The first-order valence-corrected chi connectivity index (χ1v) is 10.9. The van der Waals surface area contributed by atoms with Gasteiger partial charge in [0.05, 0.1) is 0 Å². The SMILES string of the molecule is CCCCCCCC[Si](CCC)(CCC)OCC. The average molecular weight is 273 g/mol. The van der Waals surface area contributed by atoms with E-state index in [0.717, 1.165) is 6.61 Å². The van der Waals surface area contributed by atoms with Gasteiger partial charge in [-0.15, -0.1) is 0 Å². The van der Waals surface area contributed by atoms with Crippen LogP contribution in [-0.4, -0.2) is 14.9 Å². The summed E-state index contributed by atoms with van der Waals surface area (Å²) in [5.41, 5.74) is 0. The highest BCUT2D eigenvalue weighted by molar-refractivity contribution is 6.73. The van der Waals surface area contributed by atoms with Crippen LogP contribution < -0.4 is 0 Å². The third-order valence-corrected chi connectivity index (χ3v) is 8.84. The summed E-state index contributed by atoms with van der Waals surface area (Å²) in [7, 11) is -1.36. The van der Waals surface area contributed by atoms with E-state index in [1.54, 1.807) is 0 Å². The monoisotopic (exact) mass is 272 g/mol. The molecule has 0 bridgehead atoms. The van der Waals surface area contributed by atoms with Crippen LogP contribution >= 0.6 is 0 Å². The van der Waals surface area contributed by atoms with Gasteiger partial charge in [-0.3, -0.25) is 0 Å². The van der Waals surface area contributed by atoms with E-state index in [1.165, 1.54) is 69.5 Å². The molecule has 0 amide bonds. The molecule has 0 aromatic carbocycles. The van der Waals surface area contributed by atoms with E-state index >= 15 is 0 Å². The lowest BCUT2D eigenvalue weighted by molar-refractivity contribution is 0.315. The lowest BCUT2D eigenvalue weighted by Crippen LogP contribution is -2.37. The summed E-state index contributed by atoms with van der Waals surface area (Å²) in [5, 5.41) is 0. The summed E-state index contributed by atoms with van der Waals surface area (Å²) >= 11 is 0. The summed E-state index contributed by atoms with van der Waals surface area (Å²) in [6.07, 6.45) is 11.1. The Balaban J connectivity index is 3.97. The maximum absolute atomic E-state index is 6.28. The molecule has 0 N–H and O–H groups in total. The molecule has 0 radical (unpaired) electrons. The molecule has 0 aromatic rings. The van der Waals surface area contributed by atoms with Crippen LogP contribution in [0, 0.1) is 0 Å². The molecular weight excluding hydrogens is 236 g/mol. The van der Waals surface area contributed by atoms with E-state index in [4.69, 9.17) is 4.43 Å². The predicted molar refractivity (Wildman–Crippen MR) is 85.8 cm³/mol. The first-order chi connectivity index (χ1) is 8.74. The lowest BCUT2D eigenvalue weighted by Gasteiger charge is -2.31. The Bertz CT molecular complexity index is 153. The van der Waals surface area contributed by atoms with E-state index < -0.39 is 8.32 Å². The van der Waals surface area contributed by atoms with Crippen molar-refractivity contribution in [3.05, 3.63) is 0 Å². The van der Waals surface area contributed by atoms with E-state index in [1.807, 2.05) is 0 Å². The van der Waals surface area contributed by atoms with Gasteiger partial charge in [-0.1, -0.05) is 72.1 Å². The molecule has 0 heterocycles. The maximum atomic E-state index is 6.28. The Morgan fingerprint density at radius 2 is 1.17 bits per heavy atom. The van der Waals surface area contributed by atoms with E-state index in [2.05, 4.69) is 27.7 Å². The molecule has 0 saturated carbocycles. The predicted octanol–water partition coefficient (Wildman–Crippen LogP) is 6.15. The zero-order valence-corrected chi connectivity index (χ0v) is 14.4. The zero-order chi connectivity index (χ0) is 13.7. The van der Waals surface area contributed by atoms with Gasteiger partial charge >= 0.3 is 0 Å². The Labute approximate surface area is 117 Å². The van der Waals surface area contributed by atoms with Crippen molar-refractivity contribution >= 4 is 8.32 Å². The molecule has 0 atom stereocenters. The smallest absolute Gasteiger partial charge is 0.192 e. The molecule has 0 aliphatic rings. The van der Waals surface area contributed by atoms with Gasteiger partial charge in [0.1, 0.15) is 0 Å². The fraction of sp³-hybridized carbons (Fsp3) is 1.00. The summed E-state index contributed by atoms with van der Waals surface area (Å²) in [5.74, 6) is 0. The lowest BCUT2D eigenvalue weighted by atomic mass is 10.1. The molecule has 0 aliphatic carbocycles. The van der Waals surface area contributed by atoms with Crippen molar-refractivity contribution in [1.29, 1.82) is 0 Å². The molecule has 0 rings (SSSR count). The highest BCUT2D eigenvalue weighted by Crippen LogP contribution is 2.28. The third kappa shape index (κ3) is 8.31. The molecule has 0 unspecified atom stereocenters. The van der Waals surface area contributed by atoms with Gasteiger partial charge < -0.3 is 4.43 Å². The Kier molecular flexibility index (Phi) is 12.3. The van der Waals surface area contributed by atoms with Crippen LogP contribution in [0.3, 0.4) is 0 Å². The highest BCUT2D eigenvalue weighted by atomic mass is 28.4. The molecule has 0 fully saturated rings. The summed E-state index contributed by atoms with van der Waals surface area (Å²) in [6.45, 7) is 10.0. The Hall–Kier alpha value is 0.177. The van der Waals surface area contributed by atoms with Gasteiger partial charge in [-0.2, -0.15) is 0 Å². The van der Waals surface area contributed by atoms with Crippen molar-refractivity contribution in [2.75, 3.05) is 6.61 Å². The van der Waals surface area contributed by atoms with Gasteiger partial charge in [-0.05, 0) is 25.1 Å². The van der Waals surface area contributed by atoms with Gasteiger partial charge in [0.25, 0.3) is 0 Å². The van der Waals surface area contributed by atoms with Crippen LogP contribution in [0.1, 0.15) is 79.1 Å². The topological polar surface area (TPSA) is 9.23 Å². The molecular formula is C16H36OSi. The van der Waals surface area contributed by atoms with Gasteiger partial charge in [0.2, 0.25) is 0 Å². The second-order valence-electron chi connectivity index (χ2n) is 5.63. The Morgan fingerprint density at radius 3 is 1.67 bits per heavy atom. The number of unbranched alkanes of at least 4 members (excludes halogenated alkanes) is 5. The van der Waals surface area contributed by atoms with Gasteiger partial charge in [-0.25, -0.2) is 0 Å². The largest absolute Gasteiger partial charge is 0.417 e. The van der Waals surface area contributed by atoms with Crippen molar-refractivity contribution in [3.8, 4) is 0 Å². The van der Waals surface area contributed by atoms with Crippen molar-refractivity contribution in [2.24, 2.45) is 0 Å². The van der Waals surface area contributed by atoms with Crippen molar-refractivity contribution < 1.29 is 4.43 Å². The van der Waals surface area contributed by atoms with Crippen LogP contribution in [0.5, 0.6) is 0 Å². The Morgan fingerprint density at radius 1 is 0.611 bits per heavy atom. The quantitative estimate of drug-likeness (QED) is 0.289. The summed E-state index contributed by atoms with van der Waals surface area (Å²) in [4.78, 5) is 0. The summed E-state index contributed by atoms with van der Waals surface area (Å²) in [6, 6.07) is 4.17. The number of rotatable bonds is 13. The minimum Gasteiger partial charge on any atom is -0.417 e. The fourth-order valence-corrected chi connectivity index (χ4v) is 7.55. The standard InChI is InChI=1S/C16H36OSi/c1-5-9-10-11-12-13-16-18(14-6-2,15-7-3)17-8-4/h5-16H2,1-4H3. The van der Waals surface area contributed by atoms with Crippen molar-refractivity contribution in [1.82, 2.24) is 0 Å². The molecule has 1 nitrogen and oxygen atoms in total. The second-order valence-corrected chi connectivity index (χ2v) is 9.79. The average Bonchev–Trinajstić information content (AvgIpc) is 2.35. The van der Waals surface area contributed by atoms with Crippen LogP contribution in [-0.2, 0) is 4.43 Å². The van der Waals surface area contributed by atoms with Gasteiger partial charge in [0.15, 0.2) is 8.32 Å². The molecule has 18 heavy (non-hydrogen) atoms. The molecule has 0 saturated heterocycles. The number of hydrogen-bond acceptors (Lipinski definition) is 1. The van der Waals surface area contributed by atoms with Gasteiger partial charge in [0, 0.05) is 6.61 Å². The minimum atomic E-state index is -1.36. The summed E-state index contributed by atoms with van der Waals surface area (Å²) < 4.78 is 6.28. The molecule has 0 spiro atoms. The van der Waals surface area contributed by atoms with E-state index in [9.17, 15) is 0 Å². The molecule has 0 aliphatic heterocycles. The second kappa shape index (κ2) is 12.2. The van der Waals surface area contributed by atoms with Crippen LogP contribution in [0.25, 0.3) is 0 Å². The molecule has 110 valence electrons. The first-order valence-electron chi connectivity index (χ1n) is 8.38. The highest BCUT2D eigenvalue weighted by Gasteiger charge is 2.31. The normalized spacial score (nSPS) is 12.0. The fourth-order valence-electron chi connectivity index (χ4n) is 3.04. The van der Waals surface area contributed by atoms with Crippen LogP contribution in [0.2, 0.25) is 18.1 Å². The number of hydrogen-bond donors (Lipinski definition) is 0. The zero-order valence-electron chi connectivity index (χ0n) is 13.4. The van der Waals surface area contributed by atoms with Crippen molar-refractivity contribution in [3.63, 3.8) is 0 Å². The van der Waals surface area contributed by atoms with E-state index in [0.29, 0.717) is 0 Å². The third-order valence-electron chi connectivity index (χ3n) is 3.85. The first kappa shape index (κ1) is 18.2. The van der Waals surface area contributed by atoms with Crippen LogP contribution in [0.4, 0.5) is 0 Å². The maximum Gasteiger partial charge on any atom is 0.192 e. The minimum absolute atomic E-state index is 0.933. The van der Waals surface area contributed by atoms with E-state index in [-0.39, 0.29) is 0 Å². The van der Waals surface area contributed by atoms with Crippen molar-refractivity contribution in [2.45, 2.75) is 97.2 Å². The van der Waals surface area contributed by atoms with Crippen LogP contribution in [0.15, 0.2) is 0 Å². The molecule has 0 aromatic heterocycles.